The van der Waals surface area contributed by atoms with Crippen molar-refractivity contribution in [3.8, 4) is 0 Å². The highest BCUT2D eigenvalue weighted by Gasteiger charge is 2.39. The van der Waals surface area contributed by atoms with E-state index in [1.807, 2.05) is 0 Å². The molecule has 8 heteroatoms. The Kier molecular flexibility index (Phi) is 5.15. The van der Waals surface area contributed by atoms with Crippen molar-refractivity contribution in [3.05, 3.63) is 17.5 Å². The molecule has 0 aliphatic carbocycles. The Labute approximate surface area is 114 Å². The molecule has 1 heterocycles. The van der Waals surface area contributed by atoms with Gasteiger partial charge < -0.3 is 10.4 Å². The largest absolute Gasteiger partial charge is 0.433 e. The fourth-order valence-electron chi connectivity index (χ4n) is 1.62. The summed E-state index contributed by atoms with van der Waals surface area (Å²) in [5.41, 5.74) is -1.60. The Balaban J connectivity index is 2.91. The number of hydrogen-bond donors (Lipinski definition) is 2. The van der Waals surface area contributed by atoms with Crippen LogP contribution in [0.4, 0.5) is 13.2 Å². The maximum absolute atomic E-state index is 12.9. The van der Waals surface area contributed by atoms with Gasteiger partial charge in [0.2, 0.25) is 0 Å². The standard InChI is InChI=1S/C12H18F3N3O2/c1-4-18-10(12(13,14)15)8(5-17-18)11(20)16-6-9(19)7(2)3/h5,7,9,19H,4,6H2,1-3H3,(H,16,20). The fraction of sp³-hybridized carbons (Fsp3) is 0.667. The third kappa shape index (κ3) is 3.72. The number of halogens is 3. The van der Waals surface area contributed by atoms with Gasteiger partial charge in [0.15, 0.2) is 5.69 Å². The normalized spacial score (nSPS) is 13.6. The van der Waals surface area contributed by atoms with Crippen molar-refractivity contribution in [1.29, 1.82) is 0 Å². The fourth-order valence-corrected chi connectivity index (χ4v) is 1.62. The monoisotopic (exact) mass is 293 g/mol. The molecule has 0 aromatic carbocycles. The van der Waals surface area contributed by atoms with E-state index in [1.54, 1.807) is 13.8 Å². The highest BCUT2D eigenvalue weighted by atomic mass is 19.4. The van der Waals surface area contributed by atoms with Crippen molar-refractivity contribution >= 4 is 5.91 Å². The predicted molar refractivity (Wildman–Crippen MR) is 66.1 cm³/mol. The second kappa shape index (κ2) is 6.25. The lowest BCUT2D eigenvalue weighted by atomic mass is 10.1. The van der Waals surface area contributed by atoms with E-state index in [2.05, 4.69) is 10.4 Å². The summed E-state index contributed by atoms with van der Waals surface area (Å²) < 4.78 is 39.5. The summed E-state index contributed by atoms with van der Waals surface area (Å²) in [6, 6.07) is 0. The Morgan fingerprint density at radius 2 is 2.10 bits per heavy atom. The van der Waals surface area contributed by atoms with Gasteiger partial charge in [-0.2, -0.15) is 18.3 Å². The molecule has 0 spiro atoms. The molecule has 20 heavy (non-hydrogen) atoms. The maximum Gasteiger partial charge on any atom is 0.433 e. The lowest BCUT2D eigenvalue weighted by Crippen LogP contribution is -2.35. The first kappa shape index (κ1) is 16.5. The number of nitrogens with zero attached hydrogens (tertiary/aromatic N) is 2. The van der Waals surface area contributed by atoms with E-state index in [4.69, 9.17) is 0 Å². The summed E-state index contributed by atoms with van der Waals surface area (Å²) in [6.45, 7) is 4.90. The van der Waals surface area contributed by atoms with Crippen LogP contribution in [-0.2, 0) is 12.7 Å². The first-order valence-corrected chi connectivity index (χ1v) is 6.27. The molecule has 1 amide bonds. The van der Waals surface area contributed by atoms with Crippen LogP contribution in [0.1, 0.15) is 36.8 Å². The van der Waals surface area contributed by atoms with Gasteiger partial charge in [-0.1, -0.05) is 13.8 Å². The summed E-state index contributed by atoms with van der Waals surface area (Å²) >= 11 is 0. The molecule has 0 radical (unpaired) electrons. The number of aliphatic hydroxyl groups is 1. The zero-order valence-corrected chi connectivity index (χ0v) is 11.5. The SMILES string of the molecule is CCn1ncc(C(=O)NCC(O)C(C)C)c1C(F)(F)F. The highest BCUT2D eigenvalue weighted by Crippen LogP contribution is 2.31. The first-order valence-electron chi connectivity index (χ1n) is 6.27. The topological polar surface area (TPSA) is 67.2 Å². The molecule has 0 saturated carbocycles. The van der Waals surface area contributed by atoms with Crippen LogP contribution in [-0.4, -0.2) is 33.4 Å². The van der Waals surface area contributed by atoms with Gasteiger partial charge in [-0.15, -0.1) is 0 Å². The first-order chi connectivity index (χ1) is 9.18. The van der Waals surface area contributed by atoms with Gasteiger partial charge in [0.05, 0.1) is 17.9 Å². The molecule has 0 bridgehead atoms. The van der Waals surface area contributed by atoms with Crippen LogP contribution in [0.15, 0.2) is 6.20 Å². The maximum atomic E-state index is 12.9. The third-order valence-electron chi connectivity index (χ3n) is 2.89. The second-order valence-corrected chi connectivity index (χ2v) is 4.74. The van der Waals surface area contributed by atoms with Gasteiger partial charge in [-0.05, 0) is 12.8 Å². The van der Waals surface area contributed by atoms with E-state index in [-0.39, 0.29) is 19.0 Å². The number of aryl methyl sites for hydroxylation is 1. The van der Waals surface area contributed by atoms with E-state index >= 15 is 0 Å². The highest BCUT2D eigenvalue weighted by molar-refractivity contribution is 5.95. The van der Waals surface area contributed by atoms with E-state index in [9.17, 15) is 23.1 Å². The van der Waals surface area contributed by atoms with E-state index in [0.29, 0.717) is 0 Å². The van der Waals surface area contributed by atoms with Crippen molar-refractivity contribution < 1.29 is 23.1 Å². The summed E-state index contributed by atoms with van der Waals surface area (Å²) in [5, 5.41) is 15.4. The zero-order valence-electron chi connectivity index (χ0n) is 11.5. The molecule has 1 aromatic heterocycles. The van der Waals surface area contributed by atoms with E-state index in [1.165, 1.54) is 6.92 Å². The van der Waals surface area contributed by atoms with Crippen LogP contribution in [0.5, 0.6) is 0 Å². The number of alkyl halides is 3. The molecular weight excluding hydrogens is 275 g/mol. The second-order valence-electron chi connectivity index (χ2n) is 4.74. The number of rotatable bonds is 5. The van der Waals surface area contributed by atoms with Gasteiger partial charge in [0, 0.05) is 13.1 Å². The quantitative estimate of drug-likeness (QED) is 0.868. The minimum absolute atomic E-state index is 0.0107. The van der Waals surface area contributed by atoms with Gasteiger partial charge in [-0.3, -0.25) is 9.48 Å². The van der Waals surface area contributed by atoms with Crippen LogP contribution >= 0.6 is 0 Å². The molecule has 2 N–H and O–H groups in total. The Bertz CT molecular complexity index is 469. The Morgan fingerprint density at radius 3 is 2.55 bits per heavy atom. The number of hydrogen-bond acceptors (Lipinski definition) is 3. The Morgan fingerprint density at radius 1 is 1.50 bits per heavy atom. The molecule has 1 aromatic rings. The van der Waals surface area contributed by atoms with Gasteiger partial charge in [0.25, 0.3) is 5.91 Å². The molecule has 1 atom stereocenters. The summed E-state index contributed by atoms with van der Waals surface area (Å²) in [6.07, 6.45) is -4.58. The number of aromatic nitrogens is 2. The predicted octanol–water partition coefficient (Wildman–Crippen LogP) is 1.67. The van der Waals surface area contributed by atoms with Crippen molar-refractivity contribution in [2.45, 2.75) is 39.6 Å². The van der Waals surface area contributed by atoms with E-state index < -0.39 is 29.4 Å². The molecule has 5 nitrogen and oxygen atoms in total. The lowest BCUT2D eigenvalue weighted by Gasteiger charge is -2.15. The van der Waals surface area contributed by atoms with Crippen LogP contribution < -0.4 is 5.32 Å². The average molecular weight is 293 g/mol. The molecule has 0 aliphatic rings. The number of aliphatic hydroxyl groups excluding tert-OH is 1. The van der Waals surface area contributed by atoms with Crippen molar-refractivity contribution in [3.63, 3.8) is 0 Å². The van der Waals surface area contributed by atoms with Gasteiger partial charge in [0.1, 0.15) is 0 Å². The number of nitrogens with one attached hydrogen (secondary N) is 1. The zero-order chi connectivity index (χ0) is 15.5. The van der Waals surface area contributed by atoms with Crippen molar-refractivity contribution in [2.75, 3.05) is 6.54 Å². The molecule has 0 fully saturated rings. The minimum Gasteiger partial charge on any atom is -0.391 e. The van der Waals surface area contributed by atoms with Crippen molar-refractivity contribution in [1.82, 2.24) is 15.1 Å². The third-order valence-corrected chi connectivity index (χ3v) is 2.89. The number of carbonyl (C=O) groups excluding carboxylic acids is 1. The van der Waals surface area contributed by atoms with Crippen LogP contribution in [0.3, 0.4) is 0 Å². The molecular formula is C12H18F3N3O2. The molecule has 0 aliphatic heterocycles. The number of carbonyl (C=O) groups is 1. The van der Waals surface area contributed by atoms with Crippen LogP contribution in [0, 0.1) is 5.92 Å². The van der Waals surface area contributed by atoms with E-state index in [0.717, 1.165) is 10.9 Å². The minimum atomic E-state index is -4.66. The van der Waals surface area contributed by atoms with Crippen LogP contribution in [0.25, 0.3) is 0 Å². The lowest BCUT2D eigenvalue weighted by molar-refractivity contribution is -0.144. The molecule has 114 valence electrons. The summed E-state index contributed by atoms with van der Waals surface area (Å²) in [4.78, 5) is 11.8. The number of amides is 1. The van der Waals surface area contributed by atoms with Crippen LogP contribution in [0.2, 0.25) is 0 Å². The summed E-state index contributed by atoms with van der Waals surface area (Å²) in [7, 11) is 0. The molecule has 1 unspecified atom stereocenters. The smallest absolute Gasteiger partial charge is 0.391 e. The van der Waals surface area contributed by atoms with Crippen molar-refractivity contribution in [2.24, 2.45) is 5.92 Å². The molecule has 0 saturated heterocycles. The average Bonchev–Trinajstić information content (AvgIpc) is 2.78. The Hall–Kier alpha value is -1.57. The molecule has 1 rings (SSSR count). The summed E-state index contributed by atoms with van der Waals surface area (Å²) in [5.74, 6) is -0.993. The van der Waals surface area contributed by atoms with Gasteiger partial charge >= 0.3 is 6.18 Å². The van der Waals surface area contributed by atoms with Gasteiger partial charge in [-0.25, -0.2) is 0 Å².